The first-order valence-corrected chi connectivity index (χ1v) is 11.2. The van der Waals surface area contributed by atoms with Crippen molar-refractivity contribution >= 4 is 40.7 Å². The van der Waals surface area contributed by atoms with E-state index in [0.717, 1.165) is 34.7 Å². The van der Waals surface area contributed by atoms with Gasteiger partial charge in [-0.1, -0.05) is 56.0 Å². The van der Waals surface area contributed by atoms with E-state index in [1.807, 2.05) is 36.4 Å². The normalized spacial score (nSPS) is 15.0. The van der Waals surface area contributed by atoms with Gasteiger partial charge in [0.1, 0.15) is 20.8 Å². The highest BCUT2D eigenvalue weighted by molar-refractivity contribution is 7.07. The fourth-order valence-electron chi connectivity index (χ4n) is 3.83. The maximum atomic E-state index is 14.9. The van der Waals surface area contributed by atoms with Gasteiger partial charge in [-0.3, -0.25) is 14.2 Å². The molecule has 1 aromatic heterocycles. The van der Waals surface area contributed by atoms with Gasteiger partial charge in [0.25, 0.3) is 11.5 Å². The Morgan fingerprint density at radius 1 is 1.22 bits per heavy atom. The summed E-state index contributed by atoms with van der Waals surface area (Å²) >= 11 is 0.834. The Labute approximate surface area is 210 Å². The lowest BCUT2D eigenvalue weighted by molar-refractivity contribution is -0.133. The van der Waals surface area contributed by atoms with Crippen LogP contribution in [0.2, 0.25) is 0 Å². The topological polar surface area (TPSA) is 127 Å². The van der Waals surface area contributed by atoms with E-state index in [1.54, 1.807) is 6.07 Å². The van der Waals surface area contributed by atoms with Crippen LogP contribution in [0.4, 0.5) is 4.39 Å². The molecule has 0 saturated carbocycles. The van der Waals surface area contributed by atoms with Gasteiger partial charge in [0.05, 0.1) is 30.2 Å². The third kappa shape index (κ3) is 4.69. The van der Waals surface area contributed by atoms with Crippen molar-refractivity contribution in [2.24, 2.45) is 5.73 Å². The highest BCUT2D eigenvalue weighted by Gasteiger charge is 2.36. The summed E-state index contributed by atoms with van der Waals surface area (Å²) in [6, 6.07) is 16.8. The van der Waals surface area contributed by atoms with Crippen LogP contribution in [-0.2, 0) is 20.9 Å². The summed E-state index contributed by atoms with van der Waals surface area (Å²) in [5.41, 5.74) is 6.22. The minimum absolute atomic E-state index is 0. The molecular formula is C26H23FN4O4S. The number of esters is 1. The largest absolute Gasteiger partial charge is 0.466 e. The number of benzene rings is 2. The van der Waals surface area contributed by atoms with Gasteiger partial charge >= 0.3 is 5.97 Å². The number of allylic oxidation sites excluding steroid dienone is 1. The first-order valence-electron chi connectivity index (χ1n) is 10.4. The second-order valence-electron chi connectivity index (χ2n) is 7.53. The lowest BCUT2D eigenvalue weighted by atomic mass is 9.83. The van der Waals surface area contributed by atoms with Crippen molar-refractivity contribution in [3.63, 3.8) is 0 Å². The maximum Gasteiger partial charge on any atom is 0.332 e. The van der Waals surface area contributed by atoms with Crippen LogP contribution in [0.1, 0.15) is 24.5 Å². The number of methoxy groups -OCH3 is 1. The number of halogens is 1. The van der Waals surface area contributed by atoms with E-state index in [-0.39, 0.29) is 45.7 Å². The molecular weight excluding hydrogens is 483 g/mol. The molecule has 0 radical (unpaired) electrons. The zero-order valence-electron chi connectivity index (χ0n) is 18.4. The molecule has 2 heterocycles. The molecule has 0 saturated heterocycles. The second-order valence-corrected chi connectivity index (χ2v) is 8.56. The average Bonchev–Trinajstić information content (AvgIpc) is 3.19. The molecule has 1 amide bonds. The number of nitriles is 1. The Morgan fingerprint density at radius 3 is 2.53 bits per heavy atom. The fraction of sp³-hybridized carbons (Fsp3) is 0.154. The summed E-state index contributed by atoms with van der Waals surface area (Å²) in [6.07, 6.45) is 0.981. The summed E-state index contributed by atoms with van der Waals surface area (Å²) in [6.45, 7) is 0.158. The molecule has 1 atom stereocenters. The lowest BCUT2D eigenvalue weighted by Gasteiger charge is -2.25. The molecule has 2 aromatic carbocycles. The van der Waals surface area contributed by atoms with Crippen molar-refractivity contribution in [2.75, 3.05) is 7.11 Å². The number of amides is 1. The van der Waals surface area contributed by atoms with E-state index in [2.05, 4.69) is 10.1 Å². The van der Waals surface area contributed by atoms with Gasteiger partial charge in [0.15, 0.2) is 0 Å². The van der Waals surface area contributed by atoms with Gasteiger partial charge in [-0.2, -0.15) is 5.26 Å². The standard InChI is InChI=1S/C25H19FN4O4S.CH4/c1-34-19(31)11-18-24(33)30-22(28)16(12-27)20(15-9-5-6-10-17(15)26)21(25(30)35-18)23(32)29-13-14-7-3-2-4-8-14;/h2-11,20H,13,28H2,1H3,(H,29,32);1H4/b18-11-;. The predicted octanol–water partition coefficient (Wildman–Crippen LogP) is 1.55. The third-order valence-electron chi connectivity index (χ3n) is 5.48. The summed E-state index contributed by atoms with van der Waals surface area (Å²) in [4.78, 5) is 38.4. The number of thiazole rings is 1. The van der Waals surface area contributed by atoms with Crippen LogP contribution < -0.4 is 25.8 Å². The Morgan fingerprint density at radius 2 is 1.89 bits per heavy atom. The first kappa shape index (κ1) is 26.1. The predicted molar refractivity (Wildman–Crippen MR) is 135 cm³/mol. The number of aromatic nitrogens is 1. The monoisotopic (exact) mass is 506 g/mol. The van der Waals surface area contributed by atoms with Crippen LogP contribution in [0.5, 0.6) is 0 Å². The molecule has 3 N–H and O–H groups in total. The minimum atomic E-state index is -1.17. The number of hydrogen-bond donors (Lipinski definition) is 2. The highest BCUT2D eigenvalue weighted by Crippen LogP contribution is 2.37. The van der Waals surface area contributed by atoms with E-state index in [9.17, 15) is 24.0 Å². The van der Waals surface area contributed by atoms with Crippen molar-refractivity contribution in [3.8, 4) is 6.07 Å². The summed E-state index contributed by atoms with van der Waals surface area (Å²) in [5.74, 6) is -3.42. The van der Waals surface area contributed by atoms with Crippen molar-refractivity contribution in [1.29, 1.82) is 5.26 Å². The lowest BCUT2D eigenvalue weighted by Crippen LogP contribution is -2.42. The molecule has 8 nitrogen and oxygen atoms in total. The van der Waals surface area contributed by atoms with Gasteiger partial charge in [-0.05, 0) is 11.6 Å². The molecule has 4 rings (SSSR count). The summed E-state index contributed by atoms with van der Waals surface area (Å²) in [7, 11) is 1.16. The molecule has 184 valence electrons. The maximum absolute atomic E-state index is 14.9. The molecule has 1 aliphatic rings. The van der Waals surface area contributed by atoms with E-state index < -0.39 is 29.2 Å². The number of hydrogen-bond acceptors (Lipinski definition) is 7. The first-order chi connectivity index (χ1) is 16.9. The minimum Gasteiger partial charge on any atom is -0.466 e. The number of rotatable bonds is 5. The Bertz CT molecular complexity index is 1580. The van der Waals surface area contributed by atoms with E-state index in [4.69, 9.17) is 5.73 Å². The zero-order valence-corrected chi connectivity index (χ0v) is 19.3. The van der Waals surface area contributed by atoms with Gasteiger partial charge in [0, 0.05) is 18.2 Å². The van der Waals surface area contributed by atoms with Crippen molar-refractivity contribution in [3.05, 3.63) is 96.7 Å². The van der Waals surface area contributed by atoms with Crippen LogP contribution in [0.25, 0.3) is 17.5 Å². The molecule has 1 unspecified atom stereocenters. The highest BCUT2D eigenvalue weighted by atomic mass is 32.1. The molecule has 0 aliphatic carbocycles. The van der Waals surface area contributed by atoms with Crippen LogP contribution in [-0.4, -0.2) is 23.6 Å². The number of fused-ring (bicyclic) bond motifs is 1. The second kappa shape index (κ2) is 10.8. The molecule has 3 aromatic rings. The van der Waals surface area contributed by atoms with Crippen LogP contribution >= 0.6 is 11.3 Å². The molecule has 36 heavy (non-hydrogen) atoms. The zero-order chi connectivity index (χ0) is 25.1. The molecule has 10 heteroatoms. The van der Waals surface area contributed by atoms with E-state index in [0.29, 0.717) is 0 Å². The van der Waals surface area contributed by atoms with Crippen LogP contribution in [0.3, 0.4) is 0 Å². The van der Waals surface area contributed by atoms with Crippen LogP contribution in [0, 0.1) is 17.1 Å². The average molecular weight is 507 g/mol. The van der Waals surface area contributed by atoms with Gasteiger partial charge in [-0.25, -0.2) is 9.18 Å². The van der Waals surface area contributed by atoms with E-state index >= 15 is 0 Å². The number of nitrogens with zero attached hydrogens (tertiary/aromatic N) is 2. The van der Waals surface area contributed by atoms with Gasteiger partial charge < -0.3 is 15.8 Å². The third-order valence-corrected chi connectivity index (χ3v) is 6.58. The molecule has 0 fully saturated rings. The van der Waals surface area contributed by atoms with Gasteiger partial charge in [0.2, 0.25) is 0 Å². The number of carbonyl (C=O) groups is 2. The molecule has 1 aliphatic heterocycles. The summed E-state index contributed by atoms with van der Waals surface area (Å²) in [5, 5.41) is 12.7. The molecule has 0 bridgehead atoms. The SMILES string of the molecule is C.COC(=O)/C=c1\sc2n(c1=O)C(N)=C(C#N)C(c1ccccc1F)C=2C(=O)NCc1ccccc1. The van der Waals surface area contributed by atoms with Crippen LogP contribution in [0.15, 0.2) is 65.0 Å². The van der Waals surface area contributed by atoms with E-state index in [1.165, 1.54) is 18.2 Å². The number of nitrogens with two attached hydrogens (primary N) is 1. The number of nitrogens with one attached hydrogen (secondary N) is 1. The van der Waals surface area contributed by atoms with Crippen molar-refractivity contribution in [1.82, 2.24) is 9.88 Å². The molecule has 0 spiro atoms. The number of carbonyl (C=O) groups excluding carboxylic acids is 2. The Balaban J connectivity index is 0.00000361. The van der Waals surface area contributed by atoms with Gasteiger partial charge in [-0.15, -0.1) is 11.3 Å². The fourth-order valence-corrected chi connectivity index (χ4v) is 4.96. The van der Waals surface area contributed by atoms with Crippen molar-refractivity contribution in [2.45, 2.75) is 19.9 Å². The number of ether oxygens (including phenoxy) is 1. The Kier molecular flexibility index (Phi) is 7.86. The smallest absolute Gasteiger partial charge is 0.332 e. The Hall–Kier alpha value is -4.49. The van der Waals surface area contributed by atoms with Crippen molar-refractivity contribution < 1.29 is 18.7 Å². The summed E-state index contributed by atoms with van der Waals surface area (Å²) < 4.78 is 20.6. The quantitative estimate of drug-likeness (QED) is 0.506.